The van der Waals surface area contributed by atoms with Crippen molar-refractivity contribution >= 4 is 38.5 Å². The predicted octanol–water partition coefficient (Wildman–Crippen LogP) is 4.62. The lowest BCUT2D eigenvalue weighted by Crippen LogP contribution is -2.19. The predicted molar refractivity (Wildman–Crippen MR) is 123 cm³/mol. The van der Waals surface area contributed by atoms with Crippen LogP contribution in [-0.4, -0.2) is 51.9 Å². The summed E-state index contributed by atoms with van der Waals surface area (Å²) in [6.07, 6.45) is 5.32. The quantitative estimate of drug-likeness (QED) is 0.412. The van der Waals surface area contributed by atoms with Crippen LogP contribution in [0, 0.1) is 5.82 Å². The van der Waals surface area contributed by atoms with E-state index < -0.39 is 5.82 Å². The highest BCUT2D eigenvalue weighted by Gasteiger charge is 2.10. The number of ether oxygens (including phenoxy) is 1. The summed E-state index contributed by atoms with van der Waals surface area (Å²) in [5.74, 6) is 0.601. The van der Waals surface area contributed by atoms with E-state index in [1.807, 2.05) is 45.5 Å². The summed E-state index contributed by atoms with van der Waals surface area (Å²) in [7, 11) is 5.87. The van der Waals surface area contributed by atoms with E-state index in [4.69, 9.17) is 4.74 Å². The van der Waals surface area contributed by atoms with Crippen LogP contribution in [0.1, 0.15) is 0 Å². The summed E-state index contributed by atoms with van der Waals surface area (Å²) in [4.78, 5) is 10.7. The molecule has 9 heteroatoms. The maximum Gasteiger partial charge on any atom is 0.227 e. The van der Waals surface area contributed by atoms with Gasteiger partial charge in [-0.2, -0.15) is 5.10 Å². The van der Waals surface area contributed by atoms with Crippen LogP contribution in [0.15, 0.2) is 53.4 Å². The van der Waals surface area contributed by atoms with Gasteiger partial charge in [-0.3, -0.25) is 4.68 Å². The Morgan fingerprint density at radius 3 is 2.71 bits per heavy atom. The Kier molecular flexibility index (Phi) is 6.15. The molecule has 0 spiro atoms. The largest absolute Gasteiger partial charge is 0.492 e. The van der Waals surface area contributed by atoms with Crippen LogP contribution in [0.3, 0.4) is 0 Å². The lowest BCUT2D eigenvalue weighted by molar-refractivity contribution is 0.261. The van der Waals surface area contributed by atoms with Crippen molar-refractivity contribution in [2.24, 2.45) is 7.05 Å². The zero-order chi connectivity index (χ0) is 22.0. The zero-order valence-electron chi connectivity index (χ0n) is 17.4. The molecule has 4 rings (SSSR count). The fraction of sp³-hybridized carbons (Fsp3) is 0.227. The minimum absolute atomic E-state index is 0.256. The summed E-state index contributed by atoms with van der Waals surface area (Å²) in [5.41, 5.74) is 2.89. The van der Waals surface area contributed by atoms with Crippen LogP contribution in [0.4, 0.5) is 16.0 Å². The molecule has 2 heterocycles. The van der Waals surface area contributed by atoms with Crippen molar-refractivity contribution in [3.05, 3.63) is 59.2 Å². The van der Waals surface area contributed by atoms with E-state index in [9.17, 15) is 4.39 Å². The Hall–Kier alpha value is -3.04. The minimum Gasteiger partial charge on any atom is -0.492 e. The number of benzene rings is 2. The molecule has 4 aromatic rings. The number of nitrogens with one attached hydrogen (secondary N) is 1. The molecule has 0 bridgehead atoms. The van der Waals surface area contributed by atoms with Crippen molar-refractivity contribution in [2.75, 3.05) is 32.6 Å². The van der Waals surface area contributed by atoms with Crippen LogP contribution in [0.2, 0.25) is 0 Å². The van der Waals surface area contributed by atoms with E-state index in [0.717, 1.165) is 23.4 Å². The van der Waals surface area contributed by atoms with Gasteiger partial charge in [-0.15, -0.1) is 0 Å². The smallest absolute Gasteiger partial charge is 0.227 e. The highest BCUT2D eigenvalue weighted by atomic mass is 79.9. The van der Waals surface area contributed by atoms with Crippen LogP contribution in [0.25, 0.3) is 22.0 Å². The molecule has 0 unspecified atom stereocenters. The van der Waals surface area contributed by atoms with Crippen LogP contribution in [-0.2, 0) is 7.05 Å². The third kappa shape index (κ3) is 5.18. The Bertz CT molecular complexity index is 1230. The van der Waals surface area contributed by atoms with Crippen molar-refractivity contribution in [3.63, 3.8) is 0 Å². The number of fused-ring (bicyclic) bond motifs is 1. The first-order chi connectivity index (χ1) is 14.9. The SMILES string of the molecule is CN(C)CCOc1cc(Nc2ncc3cc(Br)cc(F)c3n2)cc(-c2cnn(C)c2)c1. The van der Waals surface area contributed by atoms with Gasteiger partial charge < -0.3 is 15.0 Å². The molecule has 2 aromatic heterocycles. The lowest BCUT2D eigenvalue weighted by atomic mass is 10.1. The summed E-state index contributed by atoms with van der Waals surface area (Å²) in [5, 5.41) is 8.05. The molecule has 31 heavy (non-hydrogen) atoms. The molecule has 0 saturated heterocycles. The first-order valence-electron chi connectivity index (χ1n) is 9.68. The Balaban J connectivity index is 1.67. The van der Waals surface area contributed by atoms with Crippen molar-refractivity contribution in [2.45, 2.75) is 0 Å². The van der Waals surface area contributed by atoms with Crippen molar-refractivity contribution in [3.8, 4) is 16.9 Å². The topological polar surface area (TPSA) is 68.1 Å². The minimum atomic E-state index is -0.411. The lowest BCUT2D eigenvalue weighted by Gasteiger charge is -2.14. The standard InChI is InChI=1S/C22H22BrFN6O/c1-29(2)4-5-31-19-8-14(16-12-26-30(3)13-16)7-18(10-19)27-22-25-11-15-6-17(23)9-20(24)21(15)28-22/h6-13H,4-5H2,1-3H3,(H,25,27,28). The molecule has 0 radical (unpaired) electrons. The number of likely N-dealkylation sites (N-methyl/N-ethyl adjacent to an activating group) is 1. The van der Waals surface area contributed by atoms with Gasteiger partial charge in [0.1, 0.15) is 17.9 Å². The summed E-state index contributed by atoms with van der Waals surface area (Å²) in [6.45, 7) is 1.35. The van der Waals surface area contributed by atoms with E-state index in [1.54, 1.807) is 23.1 Å². The number of aryl methyl sites for hydroxylation is 1. The Morgan fingerprint density at radius 2 is 1.97 bits per heavy atom. The zero-order valence-corrected chi connectivity index (χ0v) is 19.0. The number of hydrogen-bond acceptors (Lipinski definition) is 6. The fourth-order valence-electron chi connectivity index (χ4n) is 3.09. The first kappa shape index (κ1) is 21.2. The highest BCUT2D eigenvalue weighted by Crippen LogP contribution is 2.30. The molecule has 1 N–H and O–H groups in total. The van der Waals surface area contributed by atoms with Crippen LogP contribution in [0.5, 0.6) is 5.75 Å². The average Bonchev–Trinajstić information content (AvgIpc) is 3.14. The molecule has 0 amide bonds. The van der Waals surface area contributed by atoms with E-state index in [0.29, 0.717) is 28.2 Å². The first-order valence-corrected chi connectivity index (χ1v) is 10.5. The summed E-state index contributed by atoms with van der Waals surface area (Å²) < 4.78 is 22.7. The maximum absolute atomic E-state index is 14.3. The van der Waals surface area contributed by atoms with Gasteiger partial charge in [-0.25, -0.2) is 14.4 Å². The monoisotopic (exact) mass is 484 g/mol. The van der Waals surface area contributed by atoms with E-state index >= 15 is 0 Å². The van der Waals surface area contributed by atoms with Gasteiger partial charge in [-0.05, 0) is 43.9 Å². The molecule has 0 aliphatic carbocycles. The molecule has 160 valence electrons. The molecule has 0 aliphatic rings. The van der Waals surface area contributed by atoms with Crippen molar-refractivity contribution in [1.29, 1.82) is 0 Å². The second kappa shape index (κ2) is 8.99. The summed E-state index contributed by atoms with van der Waals surface area (Å²) in [6, 6.07) is 8.97. The number of nitrogens with zero attached hydrogens (tertiary/aromatic N) is 5. The van der Waals surface area contributed by atoms with Gasteiger partial charge in [0.25, 0.3) is 0 Å². The second-order valence-electron chi connectivity index (χ2n) is 7.44. The maximum atomic E-state index is 14.3. The van der Waals surface area contributed by atoms with Gasteiger partial charge in [0.2, 0.25) is 5.95 Å². The van der Waals surface area contributed by atoms with E-state index in [-0.39, 0.29) is 5.52 Å². The highest BCUT2D eigenvalue weighted by molar-refractivity contribution is 9.10. The van der Waals surface area contributed by atoms with Crippen molar-refractivity contribution in [1.82, 2.24) is 24.6 Å². The van der Waals surface area contributed by atoms with E-state index in [1.165, 1.54) is 6.07 Å². The Morgan fingerprint density at radius 1 is 1.13 bits per heavy atom. The van der Waals surface area contributed by atoms with Gasteiger partial charge in [0.15, 0.2) is 5.82 Å². The number of halogens is 2. The fourth-order valence-corrected chi connectivity index (χ4v) is 3.54. The summed E-state index contributed by atoms with van der Waals surface area (Å²) >= 11 is 3.29. The second-order valence-corrected chi connectivity index (χ2v) is 8.36. The molecular weight excluding hydrogens is 463 g/mol. The third-order valence-corrected chi connectivity index (χ3v) is 5.07. The number of aromatic nitrogens is 4. The van der Waals surface area contributed by atoms with Crippen molar-refractivity contribution < 1.29 is 9.13 Å². The molecule has 0 fully saturated rings. The molecule has 0 aliphatic heterocycles. The van der Waals surface area contributed by atoms with Gasteiger partial charge in [0, 0.05) is 53.2 Å². The molecule has 7 nitrogen and oxygen atoms in total. The molecule has 2 aromatic carbocycles. The van der Waals surface area contributed by atoms with Gasteiger partial charge in [0.05, 0.1) is 6.20 Å². The molecule has 0 saturated carbocycles. The average molecular weight is 485 g/mol. The number of rotatable bonds is 7. The Labute approximate surface area is 188 Å². The van der Waals surface area contributed by atoms with Gasteiger partial charge >= 0.3 is 0 Å². The normalized spacial score (nSPS) is 11.3. The molecule has 0 atom stereocenters. The molecular formula is C22H22BrFN6O. The van der Waals surface area contributed by atoms with E-state index in [2.05, 4.69) is 41.2 Å². The number of anilines is 2. The van der Waals surface area contributed by atoms with Gasteiger partial charge in [-0.1, -0.05) is 15.9 Å². The van der Waals surface area contributed by atoms with Crippen LogP contribution < -0.4 is 10.1 Å². The number of hydrogen-bond donors (Lipinski definition) is 1. The third-order valence-electron chi connectivity index (χ3n) is 4.61. The van der Waals surface area contributed by atoms with Crippen LogP contribution >= 0.6 is 15.9 Å².